The Morgan fingerprint density at radius 1 is 1.03 bits per heavy atom. The quantitative estimate of drug-likeness (QED) is 0.420. The molecule has 31 heavy (non-hydrogen) atoms. The van der Waals surface area contributed by atoms with Crippen molar-refractivity contribution in [2.45, 2.75) is 26.4 Å². The van der Waals surface area contributed by atoms with Gasteiger partial charge in [0.1, 0.15) is 18.0 Å². The van der Waals surface area contributed by atoms with Crippen LogP contribution >= 0.6 is 15.9 Å². The van der Waals surface area contributed by atoms with E-state index in [9.17, 15) is 4.79 Å². The molecule has 0 bridgehead atoms. The summed E-state index contributed by atoms with van der Waals surface area (Å²) in [6.45, 7) is 7.12. The molecule has 0 saturated carbocycles. The Kier molecular flexibility index (Phi) is 7.87. The highest BCUT2D eigenvalue weighted by Gasteiger charge is 2.15. The summed E-state index contributed by atoms with van der Waals surface area (Å²) in [6, 6.07) is 16.1. The number of ether oxygens (including phenoxy) is 3. The molecule has 1 heterocycles. The van der Waals surface area contributed by atoms with Crippen LogP contribution in [0.1, 0.15) is 20.8 Å². The van der Waals surface area contributed by atoms with E-state index in [0.717, 1.165) is 32.3 Å². The molecular weight excluding hydrogens is 460 g/mol. The number of benzene rings is 2. The molecule has 164 valence electrons. The topological polar surface area (TPSA) is 69.7 Å². The Morgan fingerprint density at radius 2 is 1.81 bits per heavy atom. The molecule has 0 radical (unpaired) electrons. The van der Waals surface area contributed by atoms with E-state index in [2.05, 4.69) is 32.3 Å². The number of nitrogens with one attached hydrogen (secondary N) is 1. The monoisotopic (exact) mass is 486 g/mol. The maximum atomic E-state index is 11.5. The van der Waals surface area contributed by atoms with Crippen molar-refractivity contribution < 1.29 is 19.0 Å². The summed E-state index contributed by atoms with van der Waals surface area (Å²) in [6.07, 6.45) is 1.38. The van der Waals surface area contributed by atoms with E-state index in [-0.39, 0.29) is 0 Å². The lowest BCUT2D eigenvalue weighted by Crippen LogP contribution is -2.34. The average molecular weight is 487 g/mol. The van der Waals surface area contributed by atoms with Crippen molar-refractivity contribution >= 4 is 32.9 Å². The second-order valence-electron chi connectivity index (χ2n) is 7.93. The molecule has 1 amide bonds. The summed E-state index contributed by atoms with van der Waals surface area (Å²) < 4.78 is 17.4. The first-order valence-corrected chi connectivity index (χ1v) is 10.9. The molecule has 0 fully saturated rings. The number of halogens is 1. The molecule has 0 aliphatic carbocycles. The number of carbonyl (C=O) groups excluding carboxylic acids is 1. The summed E-state index contributed by atoms with van der Waals surface area (Å²) >= 11 is 3.53. The largest absolute Gasteiger partial charge is 0.491 e. The zero-order valence-electron chi connectivity index (χ0n) is 18.0. The van der Waals surface area contributed by atoms with Gasteiger partial charge in [-0.15, -0.1) is 0 Å². The van der Waals surface area contributed by atoms with Crippen molar-refractivity contribution in [3.63, 3.8) is 0 Å². The van der Waals surface area contributed by atoms with Gasteiger partial charge >= 0.3 is 6.09 Å². The molecule has 0 spiro atoms. The first-order chi connectivity index (χ1) is 14.8. The van der Waals surface area contributed by atoms with Crippen LogP contribution in [0.3, 0.4) is 0 Å². The molecule has 3 aromatic rings. The molecule has 2 aromatic carbocycles. The Hall–Kier alpha value is -2.64. The van der Waals surface area contributed by atoms with Crippen LogP contribution in [0.25, 0.3) is 22.0 Å². The number of pyridine rings is 1. The standard InChI is InChI=1S/C24H27BrN2O4/c1-24(2,3)31-23(28)27-12-13-29-14-15-30-19-7-4-17(5-8-19)20-10-11-26-22-9-6-18(25)16-21(20)22/h4-11,16H,12-15H2,1-3H3,(H,27,28). The van der Waals surface area contributed by atoms with Crippen LogP contribution < -0.4 is 10.1 Å². The smallest absolute Gasteiger partial charge is 0.407 e. The number of amides is 1. The van der Waals surface area contributed by atoms with Gasteiger partial charge in [-0.25, -0.2) is 4.79 Å². The summed E-state index contributed by atoms with van der Waals surface area (Å²) in [7, 11) is 0. The normalized spacial score (nSPS) is 11.4. The Labute approximate surface area is 191 Å². The van der Waals surface area contributed by atoms with E-state index in [1.165, 1.54) is 0 Å². The van der Waals surface area contributed by atoms with Gasteiger partial charge in [-0.1, -0.05) is 28.1 Å². The summed E-state index contributed by atoms with van der Waals surface area (Å²) in [5, 5.41) is 3.75. The van der Waals surface area contributed by atoms with Crippen molar-refractivity contribution in [3.05, 3.63) is 59.2 Å². The lowest BCUT2D eigenvalue weighted by atomic mass is 10.0. The number of carbonyl (C=O) groups is 1. The minimum Gasteiger partial charge on any atom is -0.491 e. The highest BCUT2D eigenvalue weighted by molar-refractivity contribution is 9.10. The lowest BCUT2D eigenvalue weighted by Gasteiger charge is -2.19. The number of hydrogen-bond donors (Lipinski definition) is 1. The van der Waals surface area contributed by atoms with Crippen LogP contribution in [0.4, 0.5) is 4.79 Å². The van der Waals surface area contributed by atoms with Gasteiger partial charge < -0.3 is 19.5 Å². The molecule has 1 N–H and O–H groups in total. The molecule has 7 heteroatoms. The van der Waals surface area contributed by atoms with E-state index in [1.807, 2.05) is 69.4 Å². The van der Waals surface area contributed by atoms with Crippen molar-refractivity contribution in [1.82, 2.24) is 10.3 Å². The van der Waals surface area contributed by atoms with Gasteiger partial charge in [-0.3, -0.25) is 4.98 Å². The summed E-state index contributed by atoms with van der Waals surface area (Å²) in [5.41, 5.74) is 2.68. The van der Waals surface area contributed by atoms with Crippen molar-refractivity contribution in [2.24, 2.45) is 0 Å². The molecule has 3 rings (SSSR count). The third-order valence-electron chi connectivity index (χ3n) is 4.28. The number of fused-ring (bicyclic) bond motifs is 1. The van der Waals surface area contributed by atoms with Crippen LogP contribution in [0.2, 0.25) is 0 Å². The molecular formula is C24H27BrN2O4. The second-order valence-corrected chi connectivity index (χ2v) is 8.85. The molecule has 0 atom stereocenters. The number of aromatic nitrogens is 1. The van der Waals surface area contributed by atoms with E-state index >= 15 is 0 Å². The third-order valence-corrected chi connectivity index (χ3v) is 4.77. The van der Waals surface area contributed by atoms with Gasteiger partial charge in [-0.2, -0.15) is 0 Å². The minimum atomic E-state index is -0.504. The first kappa shape index (κ1) is 23.0. The van der Waals surface area contributed by atoms with Gasteiger partial charge in [0.15, 0.2) is 0 Å². The predicted molar refractivity (Wildman–Crippen MR) is 125 cm³/mol. The molecule has 0 aliphatic rings. The van der Waals surface area contributed by atoms with E-state index in [1.54, 1.807) is 0 Å². The first-order valence-electron chi connectivity index (χ1n) is 10.1. The van der Waals surface area contributed by atoms with Gasteiger partial charge in [0.05, 0.1) is 18.7 Å². The lowest BCUT2D eigenvalue weighted by molar-refractivity contribution is 0.0489. The molecule has 0 aliphatic heterocycles. The Balaban J connectivity index is 1.43. The number of rotatable bonds is 8. The van der Waals surface area contributed by atoms with Crippen LogP contribution in [-0.4, -0.2) is 43.0 Å². The SMILES string of the molecule is CC(C)(C)OC(=O)NCCOCCOc1ccc(-c2ccnc3ccc(Br)cc23)cc1. The third kappa shape index (κ3) is 7.22. The fourth-order valence-electron chi connectivity index (χ4n) is 2.96. The van der Waals surface area contributed by atoms with E-state index in [0.29, 0.717) is 26.4 Å². The van der Waals surface area contributed by atoms with Crippen molar-refractivity contribution in [2.75, 3.05) is 26.4 Å². The molecule has 0 saturated heterocycles. The highest BCUT2D eigenvalue weighted by Crippen LogP contribution is 2.30. The Morgan fingerprint density at radius 3 is 2.55 bits per heavy atom. The molecule has 0 unspecified atom stereocenters. The van der Waals surface area contributed by atoms with E-state index in [4.69, 9.17) is 14.2 Å². The number of alkyl carbamates (subject to hydrolysis) is 1. The Bertz CT molecular complexity index is 1020. The van der Waals surface area contributed by atoms with Crippen LogP contribution in [-0.2, 0) is 9.47 Å². The summed E-state index contributed by atoms with van der Waals surface area (Å²) in [5.74, 6) is 0.777. The molecule has 1 aromatic heterocycles. The maximum absolute atomic E-state index is 11.5. The predicted octanol–water partition coefficient (Wildman–Crippen LogP) is 5.58. The van der Waals surface area contributed by atoms with Gasteiger partial charge in [0.25, 0.3) is 0 Å². The minimum absolute atomic E-state index is 0.389. The summed E-state index contributed by atoms with van der Waals surface area (Å²) in [4.78, 5) is 16.0. The zero-order valence-corrected chi connectivity index (χ0v) is 19.6. The van der Waals surface area contributed by atoms with Gasteiger partial charge in [0.2, 0.25) is 0 Å². The molecule has 6 nitrogen and oxygen atoms in total. The van der Waals surface area contributed by atoms with Crippen LogP contribution in [0.15, 0.2) is 59.2 Å². The zero-order chi connectivity index (χ0) is 22.3. The number of nitrogens with zero attached hydrogens (tertiary/aromatic N) is 1. The van der Waals surface area contributed by atoms with Crippen LogP contribution in [0, 0.1) is 0 Å². The van der Waals surface area contributed by atoms with Crippen molar-refractivity contribution in [3.8, 4) is 16.9 Å². The fourth-order valence-corrected chi connectivity index (χ4v) is 3.32. The fraction of sp³-hybridized carbons (Fsp3) is 0.333. The van der Waals surface area contributed by atoms with Crippen molar-refractivity contribution in [1.29, 1.82) is 0 Å². The van der Waals surface area contributed by atoms with Gasteiger partial charge in [0, 0.05) is 22.6 Å². The van der Waals surface area contributed by atoms with Crippen LogP contribution in [0.5, 0.6) is 5.75 Å². The number of hydrogen-bond acceptors (Lipinski definition) is 5. The van der Waals surface area contributed by atoms with Gasteiger partial charge in [-0.05, 0) is 68.3 Å². The second kappa shape index (κ2) is 10.6. The highest BCUT2D eigenvalue weighted by atomic mass is 79.9. The maximum Gasteiger partial charge on any atom is 0.407 e. The van der Waals surface area contributed by atoms with E-state index < -0.39 is 11.7 Å². The average Bonchev–Trinajstić information content (AvgIpc) is 2.72.